The first-order valence-corrected chi connectivity index (χ1v) is 7.20. The normalized spacial score (nSPS) is 13.6. The fourth-order valence-electron chi connectivity index (χ4n) is 2.46. The topological polar surface area (TPSA) is 26.0 Å². The Morgan fingerprint density at radius 2 is 1.67 bits per heavy atom. The van der Waals surface area contributed by atoms with Crippen molar-refractivity contribution in [3.05, 3.63) is 53.1 Å². The van der Waals surface area contributed by atoms with Crippen molar-refractivity contribution >= 4 is 17.4 Å². The van der Waals surface area contributed by atoms with E-state index in [0.717, 1.165) is 11.3 Å². The van der Waals surface area contributed by atoms with Crippen LogP contribution in [0.4, 0.5) is 5.69 Å². The molecule has 0 fully saturated rings. The third-order valence-corrected chi connectivity index (χ3v) is 4.53. The maximum absolute atomic E-state index is 5.85. The van der Waals surface area contributed by atoms with Gasteiger partial charge in [-0.05, 0) is 73.2 Å². The molecule has 0 atom stereocenters. The summed E-state index contributed by atoms with van der Waals surface area (Å²) in [5.74, 6) is 0. The second-order valence-corrected chi connectivity index (χ2v) is 6.05. The quantitative estimate of drug-likeness (QED) is 0.813. The lowest BCUT2D eigenvalue weighted by molar-refractivity contribution is 0.911. The highest BCUT2D eigenvalue weighted by Gasteiger charge is 2.11. The Morgan fingerprint density at radius 3 is 2.50 bits per heavy atom. The number of benzene rings is 2. The lowest BCUT2D eigenvalue weighted by Gasteiger charge is -2.07. The van der Waals surface area contributed by atoms with Crippen LogP contribution in [0.15, 0.2) is 46.2 Å². The first-order chi connectivity index (χ1) is 8.72. The van der Waals surface area contributed by atoms with Crippen LogP contribution in [0.25, 0.3) is 0 Å². The van der Waals surface area contributed by atoms with E-state index >= 15 is 0 Å². The lowest BCUT2D eigenvalue weighted by atomic mass is 10.1. The van der Waals surface area contributed by atoms with Gasteiger partial charge in [0.25, 0.3) is 0 Å². The Kier molecular flexibility index (Phi) is 3.04. The lowest BCUT2D eigenvalue weighted by Crippen LogP contribution is -1.89. The smallest absolute Gasteiger partial charge is 0.0344 e. The molecule has 1 aliphatic rings. The van der Waals surface area contributed by atoms with E-state index in [9.17, 15) is 0 Å². The standard InChI is InChI=1S/C16H17NS/c1-11-9-14(7-8-16(11)17)18-15-6-5-12-3-2-4-13(12)10-15/h5-10H,2-4,17H2,1H3. The van der Waals surface area contributed by atoms with Gasteiger partial charge in [0.1, 0.15) is 0 Å². The van der Waals surface area contributed by atoms with Gasteiger partial charge in [-0.25, -0.2) is 0 Å². The molecule has 0 spiro atoms. The van der Waals surface area contributed by atoms with Gasteiger partial charge < -0.3 is 5.73 Å². The molecule has 0 radical (unpaired) electrons. The summed E-state index contributed by atoms with van der Waals surface area (Å²) in [6.45, 7) is 2.06. The minimum absolute atomic E-state index is 0.869. The van der Waals surface area contributed by atoms with Crippen molar-refractivity contribution in [2.24, 2.45) is 0 Å². The van der Waals surface area contributed by atoms with Crippen molar-refractivity contribution in [2.45, 2.75) is 36.0 Å². The van der Waals surface area contributed by atoms with Gasteiger partial charge >= 0.3 is 0 Å². The number of fused-ring (bicyclic) bond motifs is 1. The van der Waals surface area contributed by atoms with Crippen LogP contribution >= 0.6 is 11.8 Å². The summed E-state index contributed by atoms with van der Waals surface area (Å²) in [5, 5.41) is 0. The Bertz CT molecular complexity index is 590. The van der Waals surface area contributed by atoms with E-state index in [1.807, 2.05) is 17.8 Å². The number of aryl methyl sites for hydroxylation is 3. The summed E-state index contributed by atoms with van der Waals surface area (Å²) in [5.41, 5.74) is 10.9. The zero-order chi connectivity index (χ0) is 12.5. The highest BCUT2D eigenvalue weighted by molar-refractivity contribution is 7.99. The van der Waals surface area contributed by atoms with E-state index in [1.165, 1.54) is 40.2 Å². The first kappa shape index (κ1) is 11.7. The van der Waals surface area contributed by atoms with Crippen LogP contribution in [0.2, 0.25) is 0 Å². The fourth-order valence-corrected chi connectivity index (χ4v) is 3.44. The average Bonchev–Trinajstić information content (AvgIpc) is 2.81. The molecule has 0 heterocycles. The highest BCUT2D eigenvalue weighted by atomic mass is 32.2. The molecule has 2 N–H and O–H groups in total. The third kappa shape index (κ3) is 2.25. The van der Waals surface area contributed by atoms with Crippen molar-refractivity contribution in [1.82, 2.24) is 0 Å². The Hall–Kier alpha value is -1.41. The monoisotopic (exact) mass is 255 g/mol. The molecule has 0 saturated heterocycles. The number of hydrogen-bond acceptors (Lipinski definition) is 2. The van der Waals surface area contributed by atoms with Crippen LogP contribution in [0.3, 0.4) is 0 Å². The minimum Gasteiger partial charge on any atom is -0.399 e. The van der Waals surface area contributed by atoms with Gasteiger partial charge in [0.2, 0.25) is 0 Å². The van der Waals surface area contributed by atoms with Gasteiger partial charge in [-0.3, -0.25) is 0 Å². The molecule has 0 bridgehead atoms. The summed E-state index contributed by atoms with van der Waals surface area (Å²) >= 11 is 1.82. The van der Waals surface area contributed by atoms with E-state index in [1.54, 1.807) is 0 Å². The third-order valence-electron chi connectivity index (χ3n) is 3.55. The Balaban J connectivity index is 1.85. The van der Waals surface area contributed by atoms with Crippen LogP contribution in [0.1, 0.15) is 23.1 Å². The molecule has 18 heavy (non-hydrogen) atoms. The molecule has 0 saturated carbocycles. The molecule has 2 aromatic carbocycles. The van der Waals surface area contributed by atoms with Gasteiger partial charge in [0.05, 0.1) is 0 Å². The summed E-state index contributed by atoms with van der Waals surface area (Å²) in [6.07, 6.45) is 3.80. The van der Waals surface area contributed by atoms with Gasteiger partial charge in [0, 0.05) is 15.5 Å². The fraction of sp³-hybridized carbons (Fsp3) is 0.250. The predicted octanol–water partition coefficient (Wildman–Crippen LogP) is 4.22. The SMILES string of the molecule is Cc1cc(Sc2ccc3c(c2)CCC3)ccc1N. The molecule has 0 amide bonds. The van der Waals surface area contributed by atoms with Crippen molar-refractivity contribution in [1.29, 1.82) is 0 Å². The van der Waals surface area contributed by atoms with Crippen LogP contribution < -0.4 is 5.73 Å². The van der Waals surface area contributed by atoms with E-state index in [-0.39, 0.29) is 0 Å². The molecule has 1 nitrogen and oxygen atoms in total. The molecule has 0 unspecified atom stereocenters. The van der Waals surface area contributed by atoms with Crippen LogP contribution in [0.5, 0.6) is 0 Å². The summed E-state index contributed by atoms with van der Waals surface area (Å²) in [7, 11) is 0. The first-order valence-electron chi connectivity index (χ1n) is 6.38. The predicted molar refractivity (Wildman–Crippen MR) is 78.2 cm³/mol. The van der Waals surface area contributed by atoms with Crippen molar-refractivity contribution < 1.29 is 0 Å². The number of rotatable bonds is 2. The summed E-state index contributed by atoms with van der Waals surface area (Å²) in [4.78, 5) is 2.60. The number of anilines is 1. The second-order valence-electron chi connectivity index (χ2n) is 4.90. The molecule has 1 aliphatic carbocycles. The van der Waals surface area contributed by atoms with Gasteiger partial charge in [-0.2, -0.15) is 0 Å². The summed E-state index contributed by atoms with van der Waals surface area (Å²) < 4.78 is 0. The Labute approximate surface area is 112 Å². The number of nitrogens with two attached hydrogens (primary N) is 1. The maximum atomic E-state index is 5.85. The average molecular weight is 255 g/mol. The molecule has 0 aromatic heterocycles. The molecule has 2 aromatic rings. The number of hydrogen-bond donors (Lipinski definition) is 1. The zero-order valence-corrected chi connectivity index (χ0v) is 11.4. The Morgan fingerprint density at radius 1 is 0.944 bits per heavy atom. The molecule has 92 valence electrons. The maximum Gasteiger partial charge on any atom is 0.0344 e. The molecular weight excluding hydrogens is 238 g/mol. The second kappa shape index (κ2) is 4.69. The minimum atomic E-state index is 0.869. The molecule has 0 aliphatic heterocycles. The largest absolute Gasteiger partial charge is 0.399 e. The van der Waals surface area contributed by atoms with Gasteiger partial charge in [-0.1, -0.05) is 17.8 Å². The molecule has 2 heteroatoms. The van der Waals surface area contributed by atoms with E-state index in [4.69, 9.17) is 5.73 Å². The molecular formula is C16H17NS. The van der Waals surface area contributed by atoms with Crippen LogP contribution in [-0.4, -0.2) is 0 Å². The highest BCUT2D eigenvalue weighted by Crippen LogP contribution is 2.33. The van der Waals surface area contributed by atoms with Crippen LogP contribution in [0, 0.1) is 6.92 Å². The zero-order valence-electron chi connectivity index (χ0n) is 10.6. The molecule has 3 rings (SSSR count). The number of nitrogen functional groups attached to an aromatic ring is 1. The van der Waals surface area contributed by atoms with Crippen molar-refractivity contribution in [3.8, 4) is 0 Å². The van der Waals surface area contributed by atoms with Crippen molar-refractivity contribution in [2.75, 3.05) is 5.73 Å². The van der Waals surface area contributed by atoms with Crippen molar-refractivity contribution in [3.63, 3.8) is 0 Å². The van der Waals surface area contributed by atoms with Crippen LogP contribution in [-0.2, 0) is 12.8 Å². The van der Waals surface area contributed by atoms with E-state index in [2.05, 4.69) is 37.3 Å². The summed E-state index contributed by atoms with van der Waals surface area (Å²) in [6, 6.07) is 13.1. The van der Waals surface area contributed by atoms with Gasteiger partial charge in [0.15, 0.2) is 0 Å². The van der Waals surface area contributed by atoms with E-state index in [0.29, 0.717) is 0 Å². The van der Waals surface area contributed by atoms with E-state index < -0.39 is 0 Å². The van der Waals surface area contributed by atoms with Gasteiger partial charge in [-0.15, -0.1) is 0 Å².